The molecule has 1 N–H and O–H groups in total. The van der Waals surface area contributed by atoms with Crippen molar-refractivity contribution in [2.75, 3.05) is 51.9 Å². The highest BCUT2D eigenvalue weighted by molar-refractivity contribution is 5.98. The Kier molecular flexibility index (Phi) is 6.68. The van der Waals surface area contributed by atoms with Crippen molar-refractivity contribution in [1.82, 2.24) is 9.80 Å². The van der Waals surface area contributed by atoms with Crippen LogP contribution in [0.5, 0.6) is 11.5 Å². The number of amides is 3. The van der Waals surface area contributed by atoms with E-state index in [0.717, 1.165) is 0 Å². The van der Waals surface area contributed by atoms with Crippen LogP contribution in [0.3, 0.4) is 0 Å². The number of hydrogen-bond acceptors (Lipinski definition) is 5. The van der Waals surface area contributed by atoms with Crippen molar-refractivity contribution < 1.29 is 24.2 Å². The molecule has 1 aliphatic heterocycles. The van der Waals surface area contributed by atoms with Crippen molar-refractivity contribution in [3.05, 3.63) is 18.2 Å². The molecule has 2 rings (SSSR count). The van der Waals surface area contributed by atoms with Gasteiger partial charge in [-0.2, -0.15) is 0 Å². The van der Waals surface area contributed by atoms with Crippen LogP contribution in [0.1, 0.15) is 13.8 Å². The zero-order chi connectivity index (χ0) is 19.3. The summed E-state index contributed by atoms with van der Waals surface area (Å²) in [6, 6.07) is 4.96. The van der Waals surface area contributed by atoms with Crippen molar-refractivity contribution in [3.63, 3.8) is 0 Å². The second-order valence-electron chi connectivity index (χ2n) is 6.30. The molecule has 8 nitrogen and oxygen atoms in total. The smallest absolute Gasteiger partial charge is 0.325 e. The van der Waals surface area contributed by atoms with Crippen LogP contribution in [0.4, 0.5) is 10.5 Å². The number of ether oxygens (including phenoxy) is 2. The summed E-state index contributed by atoms with van der Waals surface area (Å²) in [5.41, 5.74) is 0.614. The maximum Gasteiger partial charge on any atom is 0.325 e. The normalized spacial score (nSPS) is 14.2. The Morgan fingerprint density at radius 3 is 2.58 bits per heavy atom. The molecule has 0 aliphatic carbocycles. The highest BCUT2D eigenvalue weighted by Crippen LogP contribution is 2.34. The minimum Gasteiger partial charge on any atom is -0.497 e. The lowest BCUT2D eigenvalue weighted by Crippen LogP contribution is -2.46. The van der Waals surface area contributed by atoms with Crippen LogP contribution < -0.4 is 14.4 Å². The summed E-state index contributed by atoms with van der Waals surface area (Å²) < 4.78 is 10.6. The number of carbonyl (C=O) groups is 2. The Morgan fingerprint density at radius 1 is 1.27 bits per heavy atom. The molecule has 8 heteroatoms. The molecule has 1 aromatic carbocycles. The van der Waals surface area contributed by atoms with E-state index >= 15 is 0 Å². The first-order chi connectivity index (χ1) is 12.4. The molecule has 144 valence electrons. The number of hydrogen-bond donors (Lipinski definition) is 1. The largest absolute Gasteiger partial charge is 0.497 e. The zero-order valence-electron chi connectivity index (χ0n) is 15.8. The Bertz CT molecular complexity index is 650. The Balaban J connectivity index is 2.14. The molecule has 0 aromatic heterocycles. The zero-order valence-corrected chi connectivity index (χ0v) is 15.8. The van der Waals surface area contributed by atoms with E-state index in [2.05, 4.69) is 0 Å². The first kappa shape index (κ1) is 19.8. The topological polar surface area (TPSA) is 82.6 Å². The van der Waals surface area contributed by atoms with Gasteiger partial charge in [-0.05, 0) is 26.0 Å². The number of nitrogens with zero attached hydrogens (tertiary/aromatic N) is 3. The number of aliphatic hydroxyl groups is 1. The fourth-order valence-electron chi connectivity index (χ4n) is 2.99. The first-order valence-electron chi connectivity index (χ1n) is 8.61. The second kappa shape index (κ2) is 8.75. The first-order valence-corrected chi connectivity index (χ1v) is 8.61. The van der Waals surface area contributed by atoms with E-state index in [4.69, 9.17) is 14.6 Å². The predicted octanol–water partition coefficient (Wildman–Crippen LogP) is 1.18. The number of urea groups is 1. The molecule has 1 fully saturated rings. The molecule has 0 saturated carbocycles. The number of benzene rings is 1. The van der Waals surface area contributed by atoms with Gasteiger partial charge in [-0.1, -0.05) is 0 Å². The van der Waals surface area contributed by atoms with Crippen LogP contribution in [0.25, 0.3) is 0 Å². The number of aliphatic hydroxyl groups excluding tert-OH is 1. The van der Waals surface area contributed by atoms with Gasteiger partial charge in [0, 0.05) is 31.7 Å². The summed E-state index contributed by atoms with van der Waals surface area (Å²) in [7, 11) is 3.10. The number of rotatable bonds is 8. The quantitative estimate of drug-likeness (QED) is 0.748. The van der Waals surface area contributed by atoms with E-state index in [9.17, 15) is 9.59 Å². The van der Waals surface area contributed by atoms with E-state index in [1.165, 1.54) is 4.90 Å². The molecule has 3 amide bonds. The van der Waals surface area contributed by atoms with Crippen LogP contribution in [0, 0.1) is 0 Å². The average molecular weight is 365 g/mol. The van der Waals surface area contributed by atoms with Gasteiger partial charge in [0.05, 0.1) is 26.5 Å². The summed E-state index contributed by atoms with van der Waals surface area (Å²) in [6.45, 7) is 4.80. The number of anilines is 1. The van der Waals surface area contributed by atoms with Crippen LogP contribution in [0.15, 0.2) is 18.2 Å². The Labute approximate surface area is 153 Å². The van der Waals surface area contributed by atoms with Crippen LogP contribution in [-0.4, -0.2) is 79.9 Å². The fourth-order valence-corrected chi connectivity index (χ4v) is 2.99. The SMILES string of the molecule is COc1ccc(OC)c(N2CCN(CC(=O)N(CCO)C(C)C)C2=O)c1. The van der Waals surface area contributed by atoms with Crippen LogP contribution >= 0.6 is 0 Å². The molecular weight excluding hydrogens is 338 g/mol. The van der Waals surface area contributed by atoms with E-state index in [1.54, 1.807) is 42.2 Å². The minimum absolute atomic E-state index is 0.0141. The van der Waals surface area contributed by atoms with Gasteiger partial charge in [0.15, 0.2) is 0 Å². The predicted molar refractivity (Wildman–Crippen MR) is 97.8 cm³/mol. The maximum atomic E-state index is 12.8. The van der Waals surface area contributed by atoms with Gasteiger partial charge in [0.25, 0.3) is 0 Å². The van der Waals surface area contributed by atoms with Crippen molar-refractivity contribution in [2.45, 2.75) is 19.9 Å². The highest BCUT2D eigenvalue weighted by Gasteiger charge is 2.33. The van der Waals surface area contributed by atoms with Gasteiger partial charge in [0.1, 0.15) is 18.0 Å². The van der Waals surface area contributed by atoms with E-state index in [1.807, 2.05) is 13.8 Å². The van der Waals surface area contributed by atoms with Crippen molar-refractivity contribution >= 4 is 17.6 Å². The molecule has 0 radical (unpaired) electrons. The third-order valence-corrected chi connectivity index (χ3v) is 4.38. The average Bonchev–Trinajstić information content (AvgIpc) is 2.99. The van der Waals surface area contributed by atoms with Gasteiger partial charge in [0.2, 0.25) is 5.91 Å². The molecular formula is C18H27N3O5. The molecule has 1 saturated heterocycles. The monoisotopic (exact) mass is 365 g/mol. The molecule has 0 unspecified atom stereocenters. The van der Waals surface area contributed by atoms with Crippen molar-refractivity contribution in [1.29, 1.82) is 0 Å². The summed E-state index contributed by atoms with van der Waals surface area (Å²) in [5, 5.41) is 9.14. The second-order valence-corrected chi connectivity index (χ2v) is 6.30. The summed E-state index contributed by atoms with van der Waals surface area (Å²) >= 11 is 0. The maximum absolute atomic E-state index is 12.8. The Morgan fingerprint density at radius 2 is 2.00 bits per heavy atom. The van der Waals surface area contributed by atoms with Gasteiger partial charge in [-0.3, -0.25) is 9.69 Å². The molecule has 26 heavy (non-hydrogen) atoms. The fraction of sp³-hybridized carbons (Fsp3) is 0.556. The standard InChI is InChI=1S/C18H27N3O5/c1-13(2)20(9-10-22)17(23)12-19-7-8-21(18(19)24)15-11-14(25-3)5-6-16(15)26-4/h5-6,11,13,22H,7-10,12H2,1-4H3. The van der Waals surface area contributed by atoms with Crippen molar-refractivity contribution in [2.24, 2.45) is 0 Å². The minimum atomic E-state index is -0.252. The van der Waals surface area contributed by atoms with Gasteiger partial charge >= 0.3 is 6.03 Å². The number of carbonyl (C=O) groups excluding carboxylic acids is 2. The van der Waals surface area contributed by atoms with E-state index in [0.29, 0.717) is 30.3 Å². The lowest BCUT2D eigenvalue weighted by molar-refractivity contribution is -0.133. The summed E-state index contributed by atoms with van der Waals surface area (Å²) in [5.74, 6) is 1.01. The molecule has 1 aliphatic rings. The van der Waals surface area contributed by atoms with Crippen molar-refractivity contribution in [3.8, 4) is 11.5 Å². The van der Waals surface area contributed by atoms with Gasteiger partial charge in [-0.15, -0.1) is 0 Å². The molecule has 0 bridgehead atoms. The lowest BCUT2D eigenvalue weighted by Gasteiger charge is -2.28. The van der Waals surface area contributed by atoms with E-state index in [-0.39, 0.29) is 37.7 Å². The third-order valence-electron chi connectivity index (χ3n) is 4.38. The molecule has 0 atom stereocenters. The molecule has 1 aromatic rings. The third kappa shape index (κ3) is 4.19. The Hall–Kier alpha value is -2.48. The molecule has 1 heterocycles. The van der Waals surface area contributed by atoms with Crippen LogP contribution in [-0.2, 0) is 4.79 Å². The van der Waals surface area contributed by atoms with Gasteiger partial charge < -0.3 is 24.4 Å². The van der Waals surface area contributed by atoms with Gasteiger partial charge in [-0.25, -0.2) is 4.79 Å². The summed E-state index contributed by atoms with van der Waals surface area (Å²) in [6.07, 6.45) is 0. The van der Waals surface area contributed by atoms with Crippen LogP contribution in [0.2, 0.25) is 0 Å². The lowest BCUT2D eigenvalue weighted by atomic mass is 10.2. The summed E-state index contributed by atoms with van der Waals surface area (Å²) in [4.78, 5) is 30.0. The number of methoxy groups -OCH3 is 2. The van der Waals surface area contributed by atoms with E-state index < -0.39 is 0 Å². The highest BCUT2D eigenvalue weighted by atomic mass is 16.5. The molecule has 0 spiro atoms.